The van der Waals surface area contributed by atoms with Crippen LogP contribution in [0, 0.1) is 0 Å². The Kier molecular flexibility index (Phi) is 5.42. The van der Waals surface area contributed by atoms with Gasteiger partial charge in [-0.05, 0) is 31.5 Å². The van der Waals surface area contributed by atoms with Gasteiger partial charge >= 0.3 is 5.97 Å². The fourth-order valence-electron chi connectivity index (χ4n) is 1.54. The van der Waals surface area contributed by atoms with Gasteiger partial charge in [0.25, 0.3) is 6.43 Å². The molecule has 0 bridgehead atoms. The third kappa shape index (κ3) is 3.73. The SMILES string of the molecule is CCOC(=O)c1ccc(C(F)F)cc1C(Cl)C(C)=O. The minimum absolute atomic E-state index is 0.0291. The lowest BCUT2D eigenvalue weighted by Crippen LogP contribution is -2.13. The van der Waals surface area contributed by atoms with Gasteiger partial charge in [-0.2, -0.15) is 0 Å². The Labute approximate surface area is 114 Å². The molecular formula is C13H13ClF2O3. The van der Waals surface area contributed by atoms with Crippen LogP contribution in [0.4, 0.5) is 8.78 Å². The lowest BCUT2D eigenvalue weighted by Gasteiger charge is -2.13. The Morgan fingerprint density at radius 3 is 2.47 bits per heavy atom. The van der Waals surface area contributed by atoms with Crippen molar-refractivity contribution in [2.75, 3.05) is 6.61 Å². The van der Waals surface area contributed by atoms with Gasteiger partial charge in [-0.3, -0.25) is 4.79 Å². The van der Waals surface area contributed by atoms with Crippen LogP contribution in [0.5, 0.6) is 0 Å². The zero-order valence-electron chi connectivity index (χ0n) is 10.5. The van der Waals surface area contributed by atoms with E-state index in [0.717, 1.165) is 12.1 Å². The molecule has 1 atom stereocenters. The van der Waals surface area contributed by atoms with Crippen LogP contribution in [-0.4, -0.2) is 18.4 Å². The van der Waals surface area contributed by atoms with E-state index in [1.54, 1.807) is 6.92 Å². The van der Waals surface area contributed by atoms with E-state index in [4.69, 9.17) is 16.3 Å². The Balaban J connectivity index is 3.30. The van der Waals surface area contributed by atoms with E-state index in [0.29, 0.717) is 0 Å². The molecule has 0 N–H and O–H groups in total. The average molecular weight is 291 g/mol. The molecule has 0 aromatic heterocycles. The Morgan fingerprint density at radius 1 is 1.37 bits per heavy atom. The summed E-state index contributed by atoms with van der Waals surface area (Å²) in [4.78, 5) is 23.0. The van der Waals surface area contributed by atoms with Gasteiger partial charge in [0.05, 0.1) is 12.2 Å². The molecule has 0 fully saturated rings. The quantitative estimate of drug-likeness (QED) is 0.614. The summed E-state index contributed by atoms with van der Waals surface area (Å²) in [6.07, 6.45) is -2.70. The number of alkyl halides is 3. The highest BCUT2D eigenvalue weighted by Crippen LogP contribution is 2.30. The molecule has 0 saturated carbocycles. The monoisotopic (exact) mass is 290 g/mol. The molecule has 0 heterocycles. The molecule has 1 aromatic rings. The summed E-state index contributed by atoms with van der Waals surface area (Å²) in [6, 6.07) is 3.38. The first-order chi connectivity index (χ1) is 8.88. The number of hydrogen-bond donors (Lipinski definition) is 0. The maximum Gasteiger partial charge on any atom is 0.338 e. The summed E-state index contributed by atoms with van der Waals surface area (Å²) < 4.78 is 30.1. The molecule has 0 radical (unpaired) electrons. The third-order valence-electron chi connectivity index (χ3n) is 2.45. The predicted molar refractivity (Wildman–Crippen MR) is 66.6 cm³/mol. The minimum atomic E-state index is -2.70. The molecule has 0 spiro atoms. The smallest absolute Gasteiger partial charge is 0.338 e. The number of carbonyl (C=O) groups excluding carboxylic acids is 2. The van der Waals surface area contributed by atoms with Crippen molar-refractivity contribution in [3.05, 3.63) is 34.9 Å². The van der Waals surface area contributed by atoms with Gasteiger partial charge in [-0.15, -0.1) is 11.6 Å². The summed E-state index contributed by atoms with van der Waals surface area (Å²) in [5.41, 5.74) is -0.221. The van der Waals surface area contributed by atoms with E-state index < -0.39 is 23.6 Å². The van der Waals surface area contributed by atoms with Crippen molar-refractivity contribution in [2.45, 2.75) is 25.7 Å². The van der Waals surface area contributed by atoms with Crippen molar-refractivity contribution < 1.29 is 23.1 Å². The van der Waals surface area contributed by atoms with Crippen LogP contribution in [0.1, 0.15) is 47.1 Å². The maximum absolute atomic E-state index is 12.6. The summed E-state index contributed by atoms with van der Waals surface area (Å²) in [6.45, 7) is 2.98. The highest BCUT2D eigenvalue weighted by molar-refractivity contribution is 6.31. The molecule has 0 aliphatic heterocycles. The fraction of sp³-hybridized carbons (Fsp3) is 0.385. The van der Waals surface area contributed by atoms with Gasteiger partial charge in [0, 0.05) is 5.56 Å². The first-order valence-corrected chi connectivity index (χ1v) is 6.05. The van der Waals surface area contributed by atoms with E-state index in [2.05, 4.69) is 0 Å². The van der Waals surface area contributed by atoms with E-state index in [-0.39, 0.29) is 23.3 Å². The first kappa shape index (κ1) is 15.6. The first-order valence-electron chi connectivity index (χ1n) is 5.62. The number of Topliss-reactive ketones (excluding diaryl/α,β-unsaturated/α-hetero) is 1. The van der Waals surface area contributed by atoms with E-state index in [1.165, 1.54) is 13.0 Å². The molecule has 0 aliphatic rings. The summed E-state index contributed by atoms with van der Waals surface area (Å²) in [5, 5.41) is -1.15. The zero-order chi connectivity index (χ0) is 14.6. The predicted octanol–water partition coefficient (Wildman–Crippen LogP) is 3.67. The second kappa shape index (κ2) is 6.61. The zero-order valence-corrected chi connectivity index (χ0v) is 11.2. The van der Waals surface area contributed by atoms with E-state index in [9.17, 15) is 18.4 Å². The Hall–Kier alpha value is -1.49. The van der Waals surface area contributed by atoms with Crippen LogP contribution in [0.2, 0.25) is 0 Å². The summed E-state index contributed by atoms with van der Waals surface area (Å²) in [5.74, 6) is -1.12. The highest BCUT2D eigenvalue weighted by Gasteiger charge is 2.23. The average Bonchev–Trinajstić information content (AvgIpc) is 2.37. The molecule has 1 unspecified atom stereocenters. The second-order valence-electron chi connectivity index (χ2n) is 3.84. The van der Waals surface area contributed by atoms with Gasteiger partial charge in [-0.1, -0.05) is 6.07 Å². The molecule has 0 saturated heterocycles. The molecule has 1 aromatic carbocycles. The number of benzene rings is 1. The van der Waals surface area contributed by atoms with Gasteiger partial charge in [0.1, 0.15) is 5.38 Å². The molecular weight excluding hydrogens is 278 g/mol. The lowest BCUT2D eigenvalue weighted by molar-refractivity contribution is -0.116. The molecule has 6 heteroatoms. The molecule has 19 heavy (non-hydrogen) atoms. The van der Waals surface area contributed by atoms with Gasteiger partial charge in [-0.25, -0.2) is 13.6 Å². The molecule has 104 valence electrons. The van der Waals surface area contributed by atoms with Crippen molar-refractivity contribution in [1.29, 1.82) is 0 Å². The van der Waals surface area contributed by atoms with Crippen LogP contribution in [0.15, 0.2) is 18.2 Å². The number of hydrogen-bond acceptors (Lipinski definition) is 3. The van der Waals surface area contributed by atoms with Crippen molar-refractivity contribution in [3.8, 4) is 0 Å². The van der Waals surface area contributed by atoms with Crippen LogP contribution < -0.4 is 0 Å². The lowest BCUT2D eigenvalue weighted by atomic mass is 9.99. The van der Waals surface area contributed by atoms with Crippen LogP contribution in [-0.2, 0) is 9.53 Å². The second-order valence-corrected chi connectivity index (χ2v) is 4.28. The number of ether oxygens (including phenoxy) is 1. The molecule has 0 amide bonds. The third-order valence-corrected chi connectivity index (χ3v) is 3.00. The number of carbonyl (C=O) groups is 2. The maximum atomic E-state index is 12.6. The van der Waals surface area contributed by atoms with Gasteiger partial charge in [0.15, 0.2) is 5.78 Å². The largest absolute Gasteiger partial charge is 0.462 e. The highest BCUT2D eigenvalue weighted by atomic mass is 35.5. The van der Waals surface area contributed by atoms with Crippen LogP contribution >= 0.6 is 11.6 Å². The summed E-state index contributed by atoms with van der Waals surface area (Å²) in [7, 11) is 0. The number of esters is 1. The van der Waals surface area contributed by atoms with Crippen molar-refractivity contribution in [3.63, 3.8) is 0 Å². The fourth-order valence-corrected chi connectivity index (χ4v) is 1.72. The number of halogens is 3. The topological polar surface area (TPSA) is 43.4 Å². The molecule has 3 nitrogen and oxygen atoms in total. The van der Waals surface area contributed by atoms with Crippen molar-refractivity contribution >= 4 is 23.4 Å². The summed E-state index contributed by atoms with van der Waals surface area (Å²) >= 11 is 5.86. The molecule has 1 rings (SSSR count). The minimum Gasteiger partial charge on any atom is -0.462 e. The van der Waals surface area contributed by atoms with Crippen molar-refractivity contribution in [1.82, 2.24) is 0 Å². The van der Waals surface area contributed by atoms with Gasteiger partial charge in [0.2, 0.25) is 0 Å². The van der Waals surface area contributed by atoms with Gasteiger partial charge < -0.3 is 4.74 Å². The molecule has 0 aliphatic carbocycles. The number of rotatable bonds is 5. The van der Waals surface area contributed by atoms with E-state index in [1.807, 2.05) is 0 Å². The standard InChI is InChI=1S/C13H13ClF2O3/c1-3-19-13(18)9-5-4-8(12(15)16)6-10(9)11(14)7(2)17/h4-6,11-12H,3H2,1-2H3. The normalized spacial score (nSPS) is 12.3. The Bertz CT molecular complexity index is 489. The number of ketones is 1. The van der Waals surface area contributed by atoms with Crippen LogP contribution in [0.25, 0.3) is 0 Å². The Morgan fingerprint density at radius 2 is 2.00 bits per heavy atom. The van der Waals surface area contributed by atoms with E-state index >= 15 is 0 Å². The van der Waals surface area contributed by atoms with Crippen molar-refractivity contribution in [2.24, 2.45) is 0 Å². The van der Waals surface area contributed by atoms with Crippen LogP contribution in [0.3, 0.4) is 0 Å².